The smallest absolute Gasteiger partial charge is 0.185 e. The summed E-state index contributed by atoms with van der Waals surface area (Å²) in [5.41, 5.74) is -1.08. The first-order valence-electron chi connectivity index (χ1n) is 12.9. The van der Waals surface area contributed by atoms with Crippen molar-refractivity contribution < 1.29 is 31.7 Å². The number of carbonyl (C=O) groups excluding carboxylic acids is 2. The molecule has 0 atom stereocenters. The topological polar surface area (TPSA) is 63.4 Å². The first-order valence-corrected chi connectivity index (χ1v) is 12.9. The molecular weight excluding hydrogens is 512 g/mol. The molecule has 0 bridgehead atoms. The summed E-state index contributed by atoms with van der Waals surface area (Å²) >= 11 is 0. The van der Waals surface area contributed by atoms with Gasteiger partial charge >= 0.3 is 0 Å². The van der Waals surface area contributed by atoms with Crippen molar-refractivity contribution in [3.05, 3.63) is 77.0 Å². The highest BCUT2D eigenvalue weighted by Gasteiger charge is 2.46. The molecule has 1 aromatic heterocycles. The summed E-state index contributed by atoms with van der Waals surface area (Å²) in [6.07, 6.45) is 0.195. The van der Waals surface area contributed by atoms with Gasteiger partial charge in [0.1, 0.15) is 34.7 Å². The van der Waals surface area contributed by atoms with E-state index in [1.807, 2.05) is 0 Å². The molecule has 5 nitrogen and oxygen atoms in total. The van der Waals surface area contributed by atoms with E-state index in [1.165, 1.54) is 24.3 Å². The zero-order valence-corrected chi connectivity index (χ0v) is 22.5. The van der Waals surface area contributed by atoms with Crippen LogP contribution in [0.1, 0.15) is 63.0 Å². The number of rotatable bonds is 11. The quantitative estimate of drug-likeness (QED) is 0.197. The van der Waals surface area contributed by atoms with Crippen LogP contribution in [-0.4, -0.2) is 41.3 Å². The molecule has 0 aliphatic carbocycles. The van der Waals surface area contributed by atoms with Crippen LogP contribution in [0.2, 0.25) is 0 Å². The van der Waals surface area contributed by atoms with Crippen molar-refractivity contribution in [1.29, 1.82) is 0 Å². The Balaban J connectivity index is 1.49. The normalized spacial score (nSPS) is 15.4. The lowest BCUT2D eigenvalue weighted by Gasteiger charge is -2.50. The molecule has 0 radical (unpaired) electrons. The fourth-order valence-corrected chi connectivity index (χ4v) is 5.51. The van der Waals surface area contributed by atoms with Gasteiger partial charge in [0.25, 0.3) is 0 Å². The summed E-state index contributed by atoms with van der Waals surface area (Å²) in [5.74, 6) is -3.05. The third-order valence-corrected chi connectivity index (χ3v) is 7.12. The average molecular weight is 545 g/mol. The van der Waals surface area contributed by atoms with Crippen molar-refractivity contribution in [2.24, 2.45) is 11.3 Å². The summed E-state index contributed by atoms with van der Waals surface area (Å²) in [5, 5.41) is 3.81. The Morgan fingerprint density at radius 3 is 2.26 bits per heavy atom. The van der Waals surface area contributed by atoms with Crippen molar-refractivity contribution in [3.63, 3.8) is 0 Å². The van der Waals surface area contributed by atoms with Gasteiger partial charge < -0.3 is 9.42 Å². The second-order valence-corrected chi connectivity index (χ2v) is 11.8. The molecule has 1 aliphatic rings. The molecular formula is C30H32F4N2O3. The Bertz CT molecular complexity index is 1360. The van der Waals surface area contributed by atoms with Gasteiger partial charge in [0.15, 0.2) is 11.5 Å². The first-order chi connectivity index (χ1) is 18.2. The molecule has 4 rings (SSSR count). The number of nitrogens with zero attached hydrogens (tertiary/aromatic N) is 2. The van der Waals surface area contributed by atoms with Gasteiger partial charge in [0.2, 0.25) is 0 Å². The van der Waals surface area contributed by atoms with Crippen molar-refractivity contribution in [2.45, 2.75) is 52.4 Å². The molecule has 39 heavy (non-hydrogen) atoms. The first kappa shape index (κ1) is 28.7. The summed E-state index contributed by atoms with van der Waals surface area (Å²) in [7, 11) is 0. The lowest BCUT2D eigenvalue weighted by molar-refractivity contribution is -0.126. The second kappa shape index (κ2) is 11.0. The number of aromatic nitrogens is 1. The minimum absolute atomic E-state index is 0.0000882. The van der Waals surface area contributed by atoms with Crippen LogP contribution in [0.4, 0.5) is 17.6 Å². The van der Waals surface area contributed by atoms with E-state index in [9.17, 15) is 27.2 Å². The lowest BCUT2D eigenvalue weighted by Crippen LogP contribution is -2.58. The largest absolute Gasteiger partial charge is 0.355 e. The van der Waals surface area contributed by atoms with Crippen molar-refractivity contribution in [3.8, 4) is 11.3 Å². The highest BCUT2D eigenvalue weighted by molar-refractivity contribution is 5.96. The third kappa shape index (κ3) is 6.82. The van der Waals surface area contributed by atoms with Gasteiger partial charge in [-0.2, -0.15) is 0 Å². The Morgan fingerprint density at radius 2 is 1.64 bits per heavy atom. The SMILES string of the molecule is CC(C)CN1CC(CC(=O)CC(C)(C)c2cc(F)cc(F)c2)(CC(=O)c2cc(-c3ccc(F)cc3F)on2)C1. The second-order valence-electron chi connectivity index (χ2n) is 11.8. The van der Waals surface area contributed by atoms with E-state index < -0.39 is 34.1 Å². The minimum Gasteiger partial charge on any atom is -0.355 e. The van der Waals surface area contributed by atoms with E-state index in [-0.39, 0.29) is 47.8 Å². The molecule has 1 fully saturated rings. The van der Waals surface area contributed by atoms with E-state index in [4.69, 9.17) is 4.52 Å². The van der Waals surface area contributed by atoms with Gasteiger partial charge in [-0.15, -0.1) is 0 Å². The molecule has 0 amide bonds. The zero-order chi connectivity index (χ0) is 28.5. The Labute approximate surface area is 225 Å². The number of hydrogen-bond acceptors (Lipinski definition) is 5. The fourth-order valence-electron chi connectivity index (χ4n) is 5.51. The van der Waals surface area contributed by atoms with Crippen molar-refractivity contribution in [1.82, 2.24) is 10.1 Å². The van der Waals surface area contributed by atoms with E-state index in [0.29, 0.717) is 24.6 Å². The van der Waals surface area contributed by atoms with Crippen molar-refractivity contribution in [2.75, 3.05) is 19.6 Å². The summed E-state index contributed by atoms with van der Waals surface area (Å²) in [6, 6.07) is 7.59. The number of halogens is 4. The molecule has 208 valence electrons. The maximum absolute atomic E-state index is 14.2. The van der Waals surface area contributed by atoms with Gasteiger partial charge in [-0.3, -0.25) is 9.59 Å². The molecule has 2 heterocycles. The number of hydrogen-bond donors (Lipinski definition) is 0. The highest BCUT2D eigenvalue weighted by Crippen LogP contribution is 2.41. The Hall–Kier alpha value is -3.33. The monoisotopic (exact) mass is 544 g/mol. The van der Waals surface area contributed by atoms with Crippen molar-refractivity contribution >= 4 is 11.6 Å². The molecule has 1 saturated heterocycles. The Morgan fingerprint density at radius 1 is 0.974 bits per heavy atom. The fraction of sp³-hybridized carbons (Fsp3) is 0.433. The highest BCUT2D eigenvalue weighted by atomic mass is 19.1. The summed E-state index contributed by atoms with van der Waals surface area (Å²) < 4.78 is 60.3. The lowest BCUT2D eigenvalue weighted by atomic mass is 9.69. The number of Topliss-reactive ketones (excluding diaryl/α,β-unsaturated/α-hetero) is 2. The maximum Gasteiger partial charge on any atom is 0.185 e. The molecule has 2 aromatic carbocycles. The molecule has 1 aliphatic heterocycles. The van der Waals surface area contributed by atoms with E-state index >= 15 is 0 Å². The van der Waals surface area contributed by atoms with Crippen LogP contribution in [0.25, 0.3) is 11.3 Å². The molecule has 0 N–H and O–H groups in total. The predicted molar refractivity (Wildman–Crippen MR) is 138 cm³/mol. The number of carbonyl (C=O) groups is 2. The summed E-state index contributed by atoms with van der Waals surface area (Å²) in [6.45, 7) is 9.58. The van der Waals surface area contributed by atoms with Crippen LogP contribution < -0.4 is 0 Å². The average Bonchev–Trinajstić information content (AvgIpc) is 3.26. The molecule has 3 aromatic rings. The standard InChI is InChI=1S/C30H32F4N2O3/c1-18(2)15-36-16-30(17-36,13-23(37)12-29(3,4)19-7-21(32)9-22(33)8-19)14-27(38)26-11-28(39-35-26)24-6-5-20(31)10-25(24)34/h5-11,18H,12-17H2,1-4H3. The predicted octanol–water partition coefficient (Wildman–Crippen LogP) is 6.76. The maximum atomic E-state index is 14.2. The molecule has 0 spiro atoms. The van der Waals surface area contributed by atoms with Crippen LogP contribution >= 0.6 is 0 Å². The van der Waals surface area contributed by atoms with Crippen LogP contribution in [-0.2, 0) is 10.2 Å². The van der Waals surface area contributed by atoms with Gasteiger partial charge in [-0.25, -0.2) is 17.6 Å². The van der Waals surface area contributed by atoms with E-state index in [0.717, 1.165) is 24.7 Å². The minimum atomic E-state index is -0.837. The van der Waals surface area contributed by atoms with Gasteiger partial charge in [-0.05, 0) is 41.2 Å². The van der Waals surface area contributed by atoms with Crippen LogP contribution in [0, 0.1) is 34.6 Å². The number of ketones is 2. The van der Waals surface area contributed by atoms with Gasteiger partial charge in [-0.1, -0.05) is 32.9 Å². The van der Waals surface area contributed by atoms with Gasteiger partial charge in [0, 0.05) is 62.5 Å². The van der Waals surface area contributed by atoms with E-state index in [1.54, 1.807) is 13.8 Å². The third-order valence-electron chi connectivity index (χ3n) is 7.12. The zero-order valence-electron chi connectivity index (χ0n) is 22.5. The van der Waals surface area contributed by atoms with Crippen LogP contribution in [0.3, 0.4) is 0 Å². The number of benzene rings is 2. The van der Waals surface area contributed by atoms with Gasteiger partial charge in [0.05, 0.1) is 5.56 Å². The molecule has 9 heteroatoms. The van der Waals surface area contributed by atoms with E-state index in [2.05, 4.69) is 23.9 Å². The molecule has 0 saturated carbocycles. The van der Waals surface area contributed by atoms with Crippen LogP contribution in [0.5, 0.6) is 0 Å². The van der Waals surface area contributed by atoms with Crippen LogP contribution in [0.15, 0.2) is 47.0 Å². The molecule has 0 unspecified atom stereocenters. The summed E-state index contributed by atoms with van der Waals surface area (Å²) in [4.78, 5) is 28.7. The Kier molecular flexibility index (Phi) is 8.12. The number of likely N-dealkylation sites (tertiary alicyclic amines) is 1.